The summed E-state index contributed by atoms with van der Waals surface area (Å²) in [5, 5.41) is 11.9. The lowest BCUT2D eigenvalue weighted by molar-refractivity contribution is -0.136. The molecular weight excluding hydrogens is 288 g/mol. The van der Waals surface area contributed by atoms with Gasteiger partial charge in [0.05, 0.1) is 0 Å². The van der Waals surface area contributed by atoms with E-state index in [0.717, 1.165) is 5.56 Å². The predicted octanol–water partition coefficient (Wildman–Crippen LogP) is 3.87. The highest BCUT2D eigenvalue weighted by Crippen LogP contribution is 2.25. The molecule has 0 radical (unpaired) electrons. The lowest BCUT2D eigenvalue weighted by Gasteiger charge is -2.08. The number of rotatable bonds is 2. The fraction of sp³-hybridized carbons (Fsp3) is 0.0625. The summed E-state index contributed by atoms with van der Waals surface area (Å²) in [6.07, 6.45) is 5.26. The molecule has 0 atom stereocenters. The smallest absolute Gasteiger partial charge is 0.311 e. The van der Waals surface area contributed by atoms with Crippen LogP contribution in [-0.2, 0) is 4.79 Å². The molecule has 108 valence electrons. The van der Waals surface area contributed by atoms with Gasteiger partial charge in [-0.2, -0.15) is 0 Å². The zero-order valence-corrected chi connectivity index (χ0v) is 12.0. The highest BCUT2D eigenvalue weighted by atomic mass is 32.2. The van der Waals surface area contributed by atoms with Crippen LogP contribution in [0.1, 0.15) is 12.0 Å². The SMILES string of the molecule is O=C(O)CC1=CC=Cc2ccccc2O1.[O-][s+]1cccc1. The zero-order chi connectivity index (χ0) is 15.1. The van der Waals surface area contributed by atoms with Gasteiger partial charge in [-0.15, -0.1) is 0 Å². The maximum Gasteiger partial charge on any atom is 0.311 e. The normalized spacial score (nSPS) is 12.1. The first-order valence-corrected chi connectivity index (χ1v) is 7.53. The Hall–Kier alpha value is -2.37. The van der Waals surface area contributed by atoms with E-state index >= 15 is 0 Å². The standard InChI is InChI=1S/C12H10O3.C4H4OS/c13-12(14)8-10-6-3-5-9-4-1-2-7-11(9)15-10;5-6-3-1-2-4-6/h1-7H,8H2,(H,13,14);1-4H. The van der Waals surface area contributed by atoms with Gasteiger partial charge in [0.25, 0.3) is 0 Å². The molecule has 1 N–H and O–H groups in total. The van der Waals surface area contributed by atoms with Crippen molar-refractivity contribution in [1.82, 2.24) is 0 Å². The Bertz CT molecular complexity index is 657. The summed E-state index contributed by atoms with van der Waals surface area (Å²) in [4.78, 5) is 10.5. The minimum absolute atomic E-state index is 0.0985. The van der Waals surface area contributed by atoms with Crippen LogP contribution in [0.25, 0.3) is 6.08 Å². The van der Waals surface area contributed by atoms with Gasteiger partial charge in [0.2, 0.25) is 0 Å². The predicted molar refractivity (Wildman–Crippen MR) is 81.5 cm³/mol. The zero-order valence-electron chi connectivity index (χ0n) is 11.1. The quantitative estimate of drug-likeness (QED) is 0.855. The molecule has 3 rings (SSSR count). The molecular formula is C16H14O4S. The number of para-hydroxylation sites is 1. The number of aliphatic carboxylic acids is 1. The van der Waals surface area contributed by atoms with Gasteiger partial charge >= 0.3 is 5.97 Å². The summed E-state index contributed by atoms with van der Waals surface area (Å²) in [5.74, 6) is 0.247. The van der Waals surface area contributed by atoms with Crippen LogP contribution in [0.2, 0.25) is 0 Å². The molecule has 0 amide bonds. The number of ether oxygens (including phenoxy) is 1. The maximum atomic E-state index is 10.5. The highest BCUT2D eigenvalue weighted by Gasteiger charge is 2.09. The molecule has 5 heteroatoms. The molecule has 0 aliphatic carbocycles. The number of thiophene rings is 1. The van der Waals surface area contributed by atoms with Crippen LogP contribution in [0.5, 0.6) is 5.75 Å². The average Bonchev–Trinajstić information content (AvgIpc) is 2.83. The maximum absolute atomic E-state index is 10.5. The highest BCUT2D eigenvalue weighted by molar-refractivity contribution is 7.21. The Balaban J connectivity index is 0.000000225. The van der Waals surface area contributed by atoms with Crippen molar-refractivity contribution in [3.63, 3.8) is 0 Å². The van der Waals surface area contributed by atoms with E-state index in [1.807, 2.05) is 30.3 Å². The van der Waals surface area contributed by atoms with Crippen LogP contribution in [0.15, 0.2) is 65.1 Å². The first-order chi connectivity index (χ1) is 10.1. The van der Waals surface area contributed by atoms with Gasteiger partial charge in [0.1, 0.15) is 28.7 Å². The number of carbonyl (C=O) groups is 1. The van der Waals surface area contributed by atoms with Gasteiger partial charge in [-0.05, 0) is 24.3 Å². The number of fused-ring (bicyclic) bond motifs is 1. The van der Waals surface area contributed by atoms with Gasteiger partial charge in [-0.3, -0.25) is 4.79 Å². The molecule has 2 aromatic rings. The number of hydrogen-bond donors (Lipinski definition) is 1. The largest absolute Gasteiger partial charge is 0.591 e. The molecule has 1 aromatic heterocycles. The van der Waals surface area contributed by atoms with Crippen molar-refractivity contribution < 1.29 is 19.2 Å². The molecule has 1 aromatic carbocycles. The van der Waals surface area contributed by atoms with Crippen LogP contribution < -0.4 is 4.74 Å². The van der Waals surface area contributed by atoms with Crippen LogP contribution >= 0.6 is 10.8 Å². The molecule has 1 aliphatic rings. The van der Waals surface area contributed by atoms with E-state index in [-0.39, 0.29) is 6.42 Å². The molecule has 0 saturated carbocycles. The summed E-state index contributed by atoms with van der Waals surface area (Å²) in [5.41, 5.74) is 0.953. The topological polar surface area (TPSA) is 69.6 Å². The minimum atomic E-state index is -0.894. The third-order valence-corrected chi connectivity index (χ3v) is 3.43. The van der Waals surface area contributed by atoms with Gasteiger partial charge in [-0.25, -0.2) is 0 Å². The van der Waals surface area contributed by atoms with Crippen molar-refractivity contribution >= 4 is 22.8 Å². The molecule has 0 bridgehead atoms. The molecule has 2 heterocycles. The van der Waals surface area contributed by atoms with Crippen molar-refractivity contribution in [3.8, 4) is 5.75 Å². The summed E-state index contributed by atoms with van der Waals surface area (Å²) in [7, 11) is -0.784. The fourth-order valence-corrected chi connectivity index (χ4v) is 2.26. The summed E-state index contributed by atoms with van der Waals surface area (Å²) in [6, 6.07) is 11.1. The number of carboxylic acids is 1. The van der Waals surface area contributed by atoms with Crippen LogP contribution in [-0.4, -0.2) is 15.6 Å². The Morgan fingerprint density at radius 2 is 1.90 bits per heavy atom. The third-order valence-electron chi connectivity index (χ3n) is 2.58. The Morgan fingerprint density at radius 1 is 1.19 bits per heavy atom. The third kappa shape index (κ3) is 4.91. The van der Waals surface area contributed by atoms with E-state index in [1.54, 1.807) is 35.0 Å². The van der Waals surface area contributed by atoms with Gasteiger partial charge in [-0.1, -0.05) is 41.1 Å². The van der Waals surface area contributed by atoms with E-state index in [2.05, 4.69) is 0 Å². The molecule has 0 fully saturated rings. The fourth-order valence-electron chi connectivity index (χ4n) is 1.68. The first-order valence-electron chi connectivity index (χ1n) is 6.25. The lowest BCUT2D eigenvalue weighted by atomic mass is 10.2. The van der Waals surface area contributed by atoms with Crippen LogP contribution in [0, 0.1) is 0 Å². The van der Waals surface area contributed by atoms with E-state index in [0.29, 0.717) is 11.5 Å². The van der Waals surface area contributed by atoms with Gasteiger partial charge in [0.15, 0.2) is 0 Å². The second kappa shape index (κ2) is 7.42. The van der Waals surface area contributed by atoms with Crippen molar-refractivity contribution in [1.29, 1.82) is 0 Å². The second-order valence-electron chi connectivity index (χ2n) is 4.19. The molecule has 0 saturated heterocycles. The van der Waals surface area contributed by atoms with Crippen LogP contribution in [0.4, 0.5) is 0 Å². The summed E-state index contributed by atoms with van der Waals surface area (Å²) in [6.45, 7) is 0. The van der Waals surface area contributed by atoms with E-state index in [4.69, 9.17) is 9.84 Å². The summed E-state index contributed by atoms with van der Waals surface area (Å²) >= 11 is 0. The average molecular weight is 302 g/mol. The number of allylic oxidation sites excluding steroid dienone is 2. The summed E-state index contributed by atoms with van der Waals surface area (Å²) < 4.78 is 15.7. The number of benzene rings is 1. The van der Waals surface area contributed by atoms with Gasteiger partial charge in [0, 0.05) is 5.56 Å². The Kier molecular flexibility index (Phi) is 5.31. The minimum Gasteiger partial charge on any atom is -0.591 e. The molecule has 0 unspecified atom stereocenters. The number of hydrogen-bond acceptors (Lipinski definition) is 3. The molecule has 0 spiro atoms. The Labute approximate surface area is 125 Å². The van der Waals surface area contributed by atoms with E-state index in [9.17, 15) is 9.35 Å². The van der Waals surface area contributed by atoms with Gasteiger partial charge < -0.3 is 14.4 Å². The van der Waals surface area contributed by atoms with Crippen molar-refractivity contribution in [2.75, 3.05) is 0 Å². The number of carboxylic acid groups (broad SMARTS) is 1. The van der Waals surface area contributed by atoms with Crippen LogP contribution in [0.3, 0.4) is 0 Å². The van der Waals surface area contributed by atoms with Crippen molar-refractivity contribution in [3.05, 3.63) is 70.6 Å². The second-order valence-corrected chi connectivity index (χ2v) is 5.39. The molecule has 1 aliphatic heterocycles. The van der Waals surface area contributed by atoms with E-state index < -0.39 is 16.7 Å². The monoisotopic (exact) mass is 302 g/mol. The van der Waals surface area contributed by atoms with Crippen molar-refractivity contribution in [2.45, 2.75) is 6.42 Å². The lowest BCUT2D eigenvalue weighted by Crippen LogP contribution is -2.03. The molecule has 21 heavy (non-hydrogen) atoms. The Morgan fingerprint density at radius 3 is 2.52 bits per heavy atom. The first kappa shape index (κ1) is 15.0. The van der Waals surface area contributed by atoms with Crippen molar-refractivity contribution in [2.24, 2.45) is 0 Å². The molecule has 4 nitrogen and oxygen atoms in total. The van der Waals surface area contributed by atoms with E-state index in [1.165, 1.54) is 0 Å².